The van der Waals surface area contributed by atoms with Gasteiger partial charge in [0.25, 0.3) is 5.91 Å². The highest BCUT2D eigenvalue weighted by molar-refractivity contribution is 6.03. The van der Waals surface area contributed by atoms with Gasteiger partial charge in [-0.05, 0) is 55.3 Å². The average Bonchev–Trinajstić information content (AvgIpc) is 2.63. The van der Waals surface area contributed by atoms with Crippen LogP contribution in [0.1, 0.15) is 27.2 Å². The number of carbonyl (C=O) groups excluding carboxylic acids is 1. The van der Waals surface area contributed by atoms with E-state index in [9.17, 15) is 4.79 Å². The van der Waals surface area contributed by atoms with E-state index >= 15 is 0 Å². The first kappa shape index (κ1) is 16.6. The summed E-state index contributed by atoms with van der Waals surface area (Å²) in [5.41, 5.74) is 5.33. The van der Waals surface area contributed by atoms with E-state index in [1.807, 2.05) is 50.2 Å². The van der Waals surface area contributed by atoms with Gasteiger partial charge in [0.2, 0.25) is 0 Å². The molecule has 0 bridgehead atoms. The summed E-state index contributed by atoms with van der Waals surface area (Å²) in [6, 6.07) is 13.4. The lowest BCUT2D eigenvalue weighted by molar-refractivity contribution is 0.102. The highest BCUT2D eigenvalue weighted by atomic mass is 16.1. The summed E-state index contributed by atoms with van der Waals surface area (Å²) in [4.78, 5) is 20.6. The van der Waals surface area contributed by atoms with Crippen molar-refractivity contribution in [1.29, 1.82) is 0 Å². The number of benzene rings is 1. The molecular formula is C20H20N4O. The smallest absolute Gasteiger partial charge is 0.274 e. The summed E-state index contributed by atoms with van der Waals surface area (Å²) < 4.78 is 0. The fourth-order valence-corrected chi connectivity index (χ4v) is 2.51. The minimum Gasteiger partial charge on any atom is -0.381 e. The van der Waals surface area contributed by atoms with E-state index in [2.05, 4.69) is 20.6 Å². The molecule has 0 unspecified atom stereocenters. The van der Waals surface area contributed by atoms with Crippen LogP contribution in [0.15, 0.2) is 61.1 Å². The third kappa shape index (κ3) is 4.41. The van der Waals surface area contributed by atoms with Crippen molar-refractivity contribution in [2.45, 2.75) is 20.4 Å². The van der Waals surface area contributed by atoms with Gasteiger partial charge in [-0.2, -0.15) is 0 Å². The molecule has 0 aliphatic rings. The number of aryl methyl sites for hydroxylation is 2. The van der Waals surface area contributed by atoms with Gasteiger partial charge in [-0.1, -0.05) is 17.7 Å². The van der Waals surface area contributed by atoms with Crippen LogP contribution in [0.4, 0.5) is 11.4 Å². The molecule has 0 aliphatic carbocycles. The molecule has 0 radical (unpaired) electrons. The molecule has 2 aromatic heterocycles. The summed E-state index contributed by atoms with van der Waals surface area (Å²) in [7, 11) is 0. The molecule has 0 saturated heterocycles. The van der Waals surface area contributed by atoms with Crippen LogP contribution in [0.5, 0.6) is 0 Å². The lowest BCUT2D eigenvalue weighted by Crippen LogP contribution is -2.15. The van der Waals surface area contributed by atoms with Gasteiger partial charge in [-0.25, -0.2) is 0 Å². The molecule has 5 nitrogen and oxygen atoms in total. The highest BCUT2D eigenvalue weighted by Gasteiger charge is 2.10. The number of nitrogens with zero attached hydrogens (tertiary/aromatic N) is 2. The van der Waals surface area contributed by atoms with Crippen LogP contribution in [0.25, 0.3) is 0 Å². The lowest BCUT2D eigenvalue weighted by atomic mass is 10.1. The Kier molecular flexibility index (Phi) is 5.04. The van der Waals surface area contributed by atoms with Crippen LogP contribution in [0, 0.1) is 13.8 Å². The second-order valence-electron chi connectivity index (χ2n) is 5.91. The molecule has 25 heavy (non-hydrogen) atoms. The molecule has 3 rings (SSSR count). The van der Waals surface area contributed by atoms with Crippen molar-refractivity contribution >= 4 is 17.3 Å². The van der Waals surface area contributed by atoms with Crippen molar-refractivity contribution in [1.82, 2.24) is 9.97 Å². The number of aromatic nitrogens is 2. The van der Waals surface area contributed by atoms with Crippen molar-refractivity contribution in [2.75, 3.05) is 10.6 Å². The number of pyridine rings is 2. The van der Waals surface area contributed by atoms with Crippen molar-refractivity contribution in [3.63, 3.8) is 0 Å². The van der Waals surface area contributed by atoms with E-state index in [0.29, 0.717) is 12.2 Å². The Balaban J connectivity index is 1.69. The Labute approximate surface area is 147 Å². The zero-order chi connectivity index (χ0) is 17.6. The van der Waals surface area contributed by atoms with Gasteiger partial charge >= 0.3 is 0 Å². The average molecular weight is 332 g/mol. The Bertz CT molecular complexity index is 878. The predicted octanol–water partition coefficient (Wildman–Crippen LogP) is 3.96. The van der Waals surface area contributed by atoms with E-state index in [-0.39, 0.29) is 5.91 Å². The van der Waals surface area contributed by atoms with Crippen LogP contribution >= 0.6 is 0 Å². The van der Waals surface area contributed by atoms with Crippen LogP contribution in [-0.2, 0) is 6.54 Å². The molecule has 0 spiro atoms. The molecule has 0 saturated carbocycles. The molecule has 0 fully saturated rings. The van der Waals surface area contributed by atoms with Gasteiger partial charge < -0.3 is 10.6 Å². The van der Waals surface area contributed by atoms with E-state index in [0.717, 1.165) is 28.1 Å². The van der Waals surface area contributed by atoms with Gasteiger partial charge in [-0.3, -0.25) is 14.8 Å². The summed E-state index contributed by atoms with van der Waals surface area (Å²) in [5, 5.41) is 6.21. The van der Waals surface area contributed by atoms with Gasteiger partial charge in [0.15, 0.2) is 0 Å². The molecule has 1 amide bonds. The lowest BCUT2D eigenvalue weighted by Gasteiger charge is -2.10. The number of hydrogen-bond acceptors (Lipinski definition) is 4. The Morgan fingerprint density at radius 2 is 1.80 bits per heavy atom. The number of hydrogen-bond donors (Lipinski definition) is 2. The number of rotatable bonds is 5. The monoisotopic (exact) mass is 332 g/mol. The number of carbonyl (C=O) groups is 1. The van der Waals surface area contributed by atoms with Crippen molar-refractivity contribution in [3.8, 4) is 0 Å². The third-order valence-electron chi connectivity index (χ3n) is 3.87. The number of amides is 1. The predicted molar refractivity (Wildman–Crippen MR) is 99.7 cm³/mol. The van der Waals surface area contributed by atoms with Crippen molar-refractivity contribution in [2.24, 2.45) is 0 Å². The minimum atomic E-state index is -0.223. The quantitative estimate of drug-likeness (QED) is 0.742. The number of anilines is 2. The summed E-state index contributed by atoms with van der Waals surface area (Å²) >= 11 is 0. The largest absolute Gasteiger partial charge is 0.381 e. The van der Waals surface area contributed by atoms with E-state index in [4.69, 9.17) is 0 Å². The zero-order valence-corrected chi connectivity index (χ0v) is 14.3. The van der Waals surface area contributed by atoms with Crippen LogP contribution in [0.3, 0.4) is 0 Å². The number of nitrogens with one attached hydrogen (secondary N) is 2. The third-order valence-corrected chi connectivity index (χ3v) is 3.87. The molecule has 2 heterocycles. The maximum Gasteiger partial charge on any atom is 0.274 e. The maximum atomic E-state index is 12.5. The molecule has 1 aromatic carbocycles. The van der Waals surface area contributed by atoms with E-state index in [1.165, 1.54) is 0 Å². The van der Waals surface area contributed by atoms with Crippen LogP contribution in [0.2, 0.25) is 0 Å². The second kappa shape index (κ2) is 7.57. The molecule has 3 aromatic rings. The Morgan fingerprint density at radius 3 is 2.56 bits per heavy atom. The summed E-state index contributed by atoms with van der Waals surface area (Å²) in [5.74, 6) is -0.223. The standard InChI is InChI=1S/C20H20N4O/c1-14-3-4-18(15(2)11-14)24-20(25)19-12-17(7-10-22-19)23-13-16-5-8-21-9-6-16/h3-12H,13H2,1-2H3,(H,22,23)(H,24,25). The van der Waals surface area contributed by atoms with Gasteiger partial charge in [0.1, 0.15) is 5.69 Å². The first-order chi connectivity index (χ1) is 12.1. The molecular weight excluding hydrogens is 312 g/mol. The van der Waals surface area contributed by atoms with E-state index in [1.54, 1.807) is 24.7 Å². The Hall–Kier alpha value is -3.21. The van der Waals surface area contributed by atoms with Gasteiger partial charge in [0, 0.05) is 36.5 Å². The van der Waals surface area contributed by atoms with Crippen molar-refractivity contribution in [3.05, 3.63) is 83.4 Å². The summed E-state index contributed by atoms with van der Waals surface area (Å²) in [6.07, 6.45) is 5.14. The first-order valence-electron chi connectivity index (χ1n) is 8.09. The molecule has 0 atom stereocenters. The molecule has 5 heteroatoms. The van der Waals surface area contributed by atoms with Gasteiger partial charge in [-0.15, -0.1) is 0 Å². The van der Waals surface area contributed by atoms with E-state index < -0.39 is 0 Å². The molecule has 0 aliphatic heterocycles. The Morgan fingerprint density at radius 1 is 1.00 bits per heavy atom. The van der Waals surface area contributed by atoms with Crippen LogP contribution < -0.4 is 10.6 Å². The first-order valence-corrected chi connectivity index (χ1v) is 8.09. The molecule has 126 valence electrons. The van der Waals surface area contributed by atoms with Gasteiger partial charge in [0.05, 0.1) is 0 Å². The van der Waals surface area contributed by atoms with Crippen LogP contribution in [-0.4, -0.2) is 15.9 Å². The molecule has 2 N–H and O–H groups in total. The summed E-state index contributed by atoms with van der Waals surface area (Å²) in [6.45, 7) is 4.66. The topological polar surface area (TPSA) is 66.9 Å². The zero-order valence-electron chi connectivity index (χ0n) is 14.3. The fourth-order valence-electron chi connectivity index (χ4n) is 2.51. The minimum absolute atomic E-state index is 0.223. The highest BCUT2D eigenvalue weighted by Crippen LogP contribution is 2.17. The maximum absolute atomic E-state index is 12.5. The fraction of sp³-hybridized carbons (Fsp3) is 0.150. The SMILES string of the molecule is Cc1ccc(NC(=O)c2cc(NCc3ccncc3)ccn2)c(C)c1. The second-order valence-corrected chi connectivity index (χ2v) is 5.91. The van der Waals surface area contributed by atoms with Crippen molar-refractivity contribution < 1.29 is 4.79 Å². The normalized spacial score (nSPS) is 10.3.